The lowest BCUT2D eigenvalue weighted by molar-refractivity contribution is -0.164. The molecule has 6 nitrogen and oxygen atoms in total. The van der Waals surface area contributed by atoms with E-state index in [2.05, 4.69) is 45.9 Å². The highest BCUT2D eigenvalue weighted by molar-refractivity contribution is 6.70. The topological polar surface area (TPSA) is 71.1 Å². The molecule has 4 saturated carbocycles. The molecule has 0 aromatic heterocycles. The van der Waals surface area contributed by atoms with Gasteiger partial charge in [0.2, 0.25) is 0 Å². The fourth-order valence-corrected chi connectivity index (χ4v) is 11.2. The Kier molecular flexibility index (Phi) is 5.30. The summed E-state index contributed by atoms with van der Waals surface area (Å²) in [6, 6.07) is 0. The molecule has 1 saturated heterocycles. The van der Waals surface area contributed by atoms with Crippen LogP contribution in [0.5, 0.6) is 0 Å². The number of carbonyl (C=O) groups excluding carboxylic acids is 2. The molecular weight excluding hydrogens is 464 g/mol. The van der Waals surface area contributed by atoms with Gasteiger partial charge in [-0.25, -0.2) is 0 Å². The van der Waals surface area contributed by atoms with Crippen LogP contribution in [-0.2, 0) is 27.9 Å². The van der Waals surface area contributed by atoms with Gasteiger partial charge < -0.3 is 18.3 Å². The van der Waals surface area contributed by atoms with Crippen molar-refractivity contribution in [2.45, 2.75) is 96.1 Å². The Morgan fingerprint density at radius 3 is 2.29 bits per heavy atom. The Hall–Kier alpha value is -0.966. The van der Waals surface area contributed by atoms with Crippen LogP contribution < -0.4 is 0 Å². The smallest absolute Gasteiger partial charge is 0.315 e. The Bertz CT molecular complexity index is 937. The van der Waals surface area contributed by atoms with Crippen molar-refractivity contribution in [3.8, 4) is 0 Å². The molecule has 1 heterocycles. The summed E-state index contributed by atoms with van der Waals surface area (Å²) in [4.78, 5) is 27.5. The molecule has 0 radical (unpaired) electrons. The predicted octanol–water partition coefficient (Wildman–Crippen LogP) is 4.91. The summed E-state index contributed by atoms with van der Waals surface area (Å²) in [7, 11) is -2.53. The van der Waals surface area contributed by atoms with Crippen molar-refractivity contribution in [1.29, 1.82) is 0 Å². The molecule has 5 fully saturated rings. The first-order chi connectivity index (χ1) is 15.6. The van der Waals surface area contributed by atoms with Gasteiger partial charge in [-0.2, -0.15) is 0 Å². The molecular formula is C26H42O6Si2. The average Bonchev–Trinajstić information content (AvgIpc) is 3.15. The van der Waals surface area contributed by atoms with Gasteiger partial charge in [0.05, 0.1) is 30.7 Å². The van der Waals surface area contributed by atoms with E-state index in [4.69, 9.17) is 18.3 Å². The molecule has 1 aliphatic heterocycles. The number of methoxy groups -OCH3 is 1. The van der Waals surface area contributed by atoms with E-state index < -0.39 is 33.8 Å². The van der Waals surface area contributed by atoms with Gasteiger partial charge in [0.15, 0.2) is 16.6 Å². The molecule has 9 atom stereocenters. The minimum absolute atomic E-state index is 0.121. The van der Waals surface area contributed by atoms with Gasteiger partial charge in [0.1, 0.15) is 5.60 Å². The molecule has 4 bridgehead atoms. The first-order valence-corrected chi connectivity index (χ1v) is 19.8. The first-order valence-electron chi connectivity index (χ1n) is 12.9. The Morgan fingerprint density at radius 1 is 1.06 bits per heavy atom. The first kappa shape index (κ1) is 24.7. The van der Waals surface area contributed by atoms with Crippen molar-refractivity contribution in [3.63, 3.8) is 0 Å². The van der Waals surface area contributed by atoms with E-state index in [9.17, 15) is 9.59 Å². The van der Waals surface area contributed by atoms with Gasteiger partial charge in [-0.05, 0) is 83.2 Å². The van der Waals surface area contributed by atoms with E-state index in [0.717, 1.165) is 25.7 Å². The maximum atomic E-state index is 13.9. The number of rotatable bonds is 5. The van der Waals surface area contributed by atoms with Crippen LogP contribution in [0.2, 0.25) is 39.3 Å². The lowest BCUT2D eigenvalue weighted by Crippen LogP contribution is -2.63. The van der Waals surface area contributed by atoms with Crippen molar-refractivity contribution < 1.29 is 27.9 Å². The maximum Gasteiger partial charge on any atom is 0.315 e. The lowest BCUT2D eigenvalue weighted by atomic mass is 9.58. The number of hydrogen-bond acceptors (Lipinski definition) is 6. The van der Waals surface area contributed by atoms with Crippen molar-refractivity contribution in [2.75, 3.05) is 7.11 Å². The number of ether oxygens (including phenoxy) is 2. The highest BCUT2D eigenvalue weighted by Crippen LogP contribution is 2.78. The molecule has 8 heteroatoms. The molecule has 5 rings (SSSR count). The van der Waals surface area contributed by atoms with E-state index in [1.54, 1.807) is 0 Å². The summed E-state index contributed by atoms with van der Waals surface area (Å²) >= 11 is 0. The van der Waals surface area contributed by atoms with Gasteiger partial charge in [-0.1, -0.05) is 12.2 Å². The Labute approximate surface area is 206 Å². The van der Waals surface area contributed by atoms with Crippen LogP contribution in [0.25, 0.3) is 0 Å². The second kappa shape index (κ2) is 7.29. The van der Waals surface area contributed by atoms with E-state index in [-0.39, 0.29) is 41.2 Å². The minimum Gasteiger partial charge on any atom is -0.469 e. The Morgan fingerprint density at radius 2 is 1.71 bits per heavy atom. The normalized spacial score (nSPS) is 47.3. The summed E-state index contributed by atoms with van der Waals surface area (Å²) in [6.07, 6.45) is 3.74. The van der Waals surface area contributed by atoms with Crippen molar-refractivity contribution in [3.05, 3.63) is 12.2 Å². The van der Waals surface area contributed by atoms with Crippen molar-refractivity contribution >= 4 is 28.6 Å². The maximum absolute atomic E-state index is 13.9. The van der Waals surface area contributed by atoms with Gasteiger partial charge in [-0.15, -0.1) is 0 Å². The zero-order chi connectivity index (χ0) is 25.1. The van der Waals surface area contributed by atoms with Crippen LogP contribution in [0.1, 0.15) is 39.0 Å². The minimum atomic E-state index is -2.05. The molecule has 190 valence electrons. The molecule has 0 N–H and O–H groups in total. The van der Waals surface area contributed by atoms with Crippen LogP contribution in [0.4, 0.5) is 0 Å². The van der Waals surface area contributed by atoms with Gasteiger partial charge >= 0.3 is 11.9 Å². The Balaban J connectivity index is 1.71. The highest BCUT2D eigenvalue weighted by Gasteiger charge is 2.85. The van der Waals surface area contributed by atoms with Crippen LogP contribution in [0, 0.1) is 34.5 Å². The summed E-state index contributed by atoms with van der Waals surface area (Å²) in [5.74, 6) is -0.502. The summed E-state index contributed by atoms with van der Waals surface area (Å²) in [5.41, 5.74) is -0.655. The van der Waals surface area contributed by atoms with Crippen LogP contribution in [0.15, 0.2) is 12.2 Å². The fraction of sp³-hybridized carbons (Fsp3) is 0.846. The van der Waals surface area contributed by atoms with Gasteiger partial charge in [0.25, 0.3) is 0 Å². The van der Waals surface area contributed by atoms with E-state index in [1.165, 1.54) is 12.7 Å². The number of hydrogen-bond donors (Lipinski definition) is 0. The largest absolute Gasteiger partial charge is 0.469 e. The van der Waals surface area contributed by atoms with E-state index >= 15 is 0 Å². The quantitative estimate of drug-likeness (QED) is 0.300. The zero-order valence-corrected chi connectivity index (χ0v) is 24.2. The molecule has 34 heavy (non-hydrogen) atoms. The summed E-state index contributed by atoms with van der Waals surface area (Å²) in [5, 5.41) is 0. The molecule has 5 aliphatic rings. The van der Waals surface area contributed by atoms with Gasteiger partial charge in [-0.3, -0.25) is 9.59 Å². The molecule has 4 aliphatic carbocycles. The van der Waals surface area contributed by atoms with Crippen LogP contribution in [0.3, 0.4) is 0 Å². The number of carbonyl (C=O) groups is 2. The standard InChI is InChI=1S/C26H42O6Si2/c1-15-12-25-13-16(15)10-11-18(25)26-14-17(31-33(4,5)6)21(32-34(7,8)9)24(2,23(28)30-26)20(26)19(25)22(27)29-3/h16-21H,1,10-14H2,2-9H3/t16-,17-,18?,19?,20?,21+,24?,25+,26-/m1/s1. The average molecular weight is 507 g/mol. The van der Waals surface area contributed by atoms with Gasteiger partial charge in [0, 0.05) is 18.3 Å². The third kappa shape index (κ3) is 3.17. The van der Waals surface area contributed by atoms with Crippen molar-refractivity contribution in [1.82, 2.24) is 0 Å². The molecule has 1 spiro atoms. The molecule has 0 aromatic rings. The number of esters is 2. The summed E-state index contributed by atoms with van der Waals surface area (Å²) in [6.45, 7) is 19.4. The SMILES string of the molecule is C=C1C[C@]23C[C@H]1CCC2[C@@]12C[C@@H](O[Si](C)(C)C)[C@H](O[Si](C)(C)C)C(C)(C(=O)O1)C2C3C(=O)OC. The second-order valence-electron chi connectivity index (χ2n) is 13.8. The molecule has 0 aromatic carbocycles. The summed E-state index contributed by atoms with van der Waals surface area (Å²) < 4.78 is 25.7. The fourth-order valence-electron chi connectivity index (χ4n) is 8.93. The third-order valence-electron chi connectivity index (χ3n) is 9.58. The van der Waals surface area contributed by atoms with E-state index in [0.29, 0.717) is 12.3 Å². The molecule has 0 amide bonds. The van der Waals surface area contributed by atoms with E-state index in [1.807, 2.05) is 6.92 Å². The highest BCUT2D eigenvalue weighted by atomic mass is 28.4. The van der Waals surface area contributed by atoms with Crippen LogP contribution in [-0.4, -0.2) is 53.5 Å². The third-order valence-corrected chi connectivity index (χ3v) is 11.6. The predicted molar refractivity (Wildman–Crippen MR) is 134 cm³/mol. The van der Waals surface area contributed by atoms with Crippen molar-refractivity contribution in [2.24, 2.45) is 34.5 Å². The number of fused-ring (bicyclic) bond motifs is 1. The monoisotopic (exact) mass is 506 g/mol. The lowest BCUT2D eigenvalue weighted by Gasteiger charge is -2.51. The molecule has 4 unspecified atom stereocenters. The van der Waals surface area contributed by atoms with Crippen LogP contribution >= 0.6 is 0 Å². The number of allylic oxidation sites excluding steroid dienone is 1. The second-order valence-corrected chi connectivity index (χ2v) is 22.7. The zero-order valence-electron chi connectivity index (χ0n) is 22.2.